The van der Waals surface area contributed by atoms with E-state index in [0.717, 1.165) is 50.7 Å². The van der Waals surface area contributed by atoms with Crippen LogP contribution in [0.1, 0.15) is 26.2 Å². The fourth-order valence-corrected chi connectivity index (χ4v) is 1.92. The highest BCUT2D eigenvalue weighted by Gasteiger charge is 2.13. The predicted octanol–water partition coefficient (Wildman–Crippen LogP) is 2.49. The number of anilines is 2. The van der Waals surface area contributed by atoms with Crippen molar-refractivity contribution >= 4 is 11.6 Å². The second-order valence-electron chi connectivity index (χ2n) is 4.37. The zero-order valence-electron chi connectivity index (χ0n) is 10.4. The van der Waals surface area contributed by atoms with Gasteiger partial charge in [-0.15, -0.1) is 0 Å². The summed E-state index contributed by atoms with van der Waals surface area (Å²) < 4.78 is 5.34. The van der Waals surface area contributed by atoms with Crippen molar-refractivity contribution in [2.24, 2.45) is 0 Å². The van der Waals surface area contributed by atoms with Crippen molar-refractivity contribution in [3.63, 3.8) is 0 Å². The second-order valence-corrected chi connectivity index (χ2v) is 4.37. The van der Waals surface area contributed by atoms with Crippen LogP contribution in [-0.2, 0) is 4.74 Å². The number of pyridine rings is 1. The lowest BCUT2D eigenvalue weighted by atomic mass is 10.1. The molecule has 94 valence electrons. The van der Waals surface area contributed by atoms with Crippen LogP contribution in [0.5, 0.6) is 0 Å². The van der Waals surface area contributed by atoms with Crippen molar-refractivity contribution in [3.8, 4) is 0 Å². The summed E-state index contributed by atoms with van der Waals surface area (Å²) in [5.74, 6) is 1.90. The Kier molecular flexibility index (Phi) is 4.62. The molecule has 1 aromatic heterocycles. The van der Waals surface area contributed by atoms with Gasteiger partial charge in [0.05, 0.1) is 0 Å². The van der Waals surface area contributed by atoms with Gasteiger partial charge in [0.25, 0.3) is 0 Å². The molecule has 0 bridgehead atoms. The third kappa shape index (κ3) is 3.89. The van der Waals surface area contributed by atoms with E-state index < -0.39 is 0 Å². The topological polar surface area (TPSA) is 46.2 Å². The SMILES string of the molecule is CCCNc1cccc(NC2CCOCC2)n1. The molecule has 0 amide bonds. The number of hydrogen-bond acceptors (Lipinski definition) is 4. The first kappa shape index (κ1) is 12.2. The summed E-state index contributed by atoms with van der Waals surface area (Å²) >= 11 is 0. The Labute approximate surface area is 103 Å². The van der Waals surface area contributed by atoms with Crippen molar-refractivity contribution in [2.45, 2.75) is 32.2 Å². The van der Waals surface area contributed by atoms with Crippen LogP contribution >= 0.6 is 0 Å². The third-order valence-electron chi connectivity index (χ3n) is 2.88. The van der Waals surface area contributed by atoms with E-state index in [1.165, 1.54) is 0 Å². The summed E-state index contributed by atoms with van der Waals surface area (Å²) in [7, 11) is 0. The van der Waals surface area contributed by atoms with E-state index in [9.17, 15) is 0 Å². The molecule has 4 heteroatoms. The fourth-order valence-electron chi connectivity index (χ4n) is 1.92. The van der Waals surface area contributed by atoms with Crippen LogP contribution in [0.2, 0.25) is 0 Å². The van der Waals surface area contributed by atoms with E-state index in [0.29, 0.717) is 6.04 Å². The molecule has 1 aliphatic rings. The number of aromatic nitrogens is 1. The highest BCUT2D eigenvalue weighted by molar-refractivity contribution is 5.45. The van der Waals surface area contributed by atoms with Gasteiger partial charge < -0.3 is 15.4 Å². The van der Waals surface area contributed by atoms with Gasteiger partial charge >= 0.3 is 0 Å². The number of hydrogen-bond donors (Lipinski definition) is 2. The number of nitrogens with one attached hydrogen (secondary N) is 2. The lowest BCUT2D eigenvalue weighted by Gasteiger charge is -2.23. The quantitative estimate of drug-likeness (QED) is 0.823. The van der Waals surface area contributed by atoms with Crippen molar-refractivity contribution in [1.82, 2.24) is 4.98 Å². The van der Waals surface area contributed by atoms with Gasteiger partial charge in [0.1, 0.15) is 11.6 Å². The maximum absolute atomic E-state index is 5.34. The lowest BCUT2D eigenvalue weighted by Crippen LogP contribution is -2.28. The number of ether oxygens (including phenoxy) is 1. The van der Waals surface area contributed by atoms with Gasteiger partial charge in [-0.2, -0.15) is 0 Å². The zero-order chi connectivity index (χ0) is 11.9. The molecule has 1 fully saturated rings. The molecule has 0 atom stereocenters. The van der Waals surface area contributed by atoms with Gasteiger partial charge in [0, 0.05) is 25.8 Å². The van der Waals surface area contributed by atoms with Crippen LogP contribution in [-0.4, -0.2) is 30.8 Å². The normalized spacial score (nSPS) is 16.8. The molecule has 1 aliphatic heterocycles. The average Bonchev–Trinajstić information content (AvgIpc) is 2.38. The van der Waals surface area contributed by atoms with E-state index in [4.69, 9.17) is 4.74 Å². The van der Waals surface area contributed by atoms with E-state index in [1.807, 2.05) is 18.2 Å². The molecule has 2 N–H and O–H groups in total. The lowest BCUT2D eigenvalue weighted by molar-refractivity contribution is 0.0904. The van der Waals surface area contributed by atoms with E-state index in [-0.39, 0.29) is 0 Å². The maximum atomic E-state index is 5.34. The summed E-state index contributed by atoms with van der Waals surface area (Å²) in [6, 6.07) is 6.56. The summed E-state index contributed by atoms with van der Waals surface area (Å²) in [5, 5.41) is 6.76. The molecule has 0 unspecified atom stereocenters. The molecule has 2 rings (SSSR count). The minimum Gasteiger partial charge on any atom is -0.381 e. The standard InChI is InChI=1S/C13H21N3O/c1-2-8-14-12-4-3-5-13(16-12)15-11-6-9-17-10-7-11/h3-5,11H,2,6-10H2,1H3,(H2,14,15,16). The third-order valence-corrected chi connectivity index (χ3v) is 2.88. The Bertz CT molecular complexity index is 337. The van der Waals surface area contributed by atoms with E-state index in [1.54, 1.807) is 0 Å². The van der Waals surface area contributed by atoms with Crippen LogP contribution in [0.15, 0.2) is 18.2 Å². The van der Waals surface area contributed by atoms with Gasteiger partial charge in [-0.3, -0.25) is 0 Å². The molecule has 1 aromatic rings. The first-order valence-electron chi connectivity index (χ1n) is 6.43. The van der Waals surface area contributed by atoms with Crippen LogP contribution in [0.4, 0.5) is 11.6 Å². The van der Waals surface area contributed by atoms with Crippen LogP contribution in [0.25, 0.3) is 0 Å². The van der Waals surface area contributed by atoms with Gasteiger partial charge in [-0.25, -0.2) is 4.98 Å². The van der Waals surface area contributed by atoms with Crippen molar-refractivity contribution in [3.05, 3.63) is 18.2 Å². The molecule has 0 saturated carbocycles. The Hall–Kier alpha value is -1.29. The molecule has 0 spiro atoms. The van der Waals surface area contributed by atoms with Crippen molar-refractivity contribution in [1.29, 1.82) is 0 Å². The molecule has 0 radical (unpaired) electrons. The molecule has 17 heavy (non-hydrogen) atoms. The minimum atomic E-state index is 0.498. The molecule has 2 heterocycles. The Balaban J connectivity index is 1.90. The van der Waals surface area contributed by atoms with Crippen LogP contribution in [0, 0.1) is 0 Å². The van der Waals surface area contributed by atoms with Crippen molar-refractivity contribution < 1.29 is 4.74 Å². The Morgan fingerprint density at radius 1 is 1.29 bits per heavy atom. The summed E-state index contributed by atoms with van der Waals surface area (Å²) in [4.78, 5) is 4.54. The Morgan fingerprint density at radius 3 is 2.82 bits per heavy atom. The average molecular weight is 235 g/mol. The Morgan fingerprint density at radius 2 is 2.06 bits per heavy atom. The minimum absolute atomic E-state index is 0.498. The largest absolute Gasteiger partial charge is 0.381 e. The van der Waals surface area contributed by atoms with Gasteiger partial charge in [0.2, 0.25) is 0 Å². The number of rotatable bonds is 5. The number of nitrogens with zero attached hydrogens (tertiary/aromatic N) is 1. The molecule has 0 aliphatic carbocycles. The van der Waals surface area contributed by atoms with Crippen LogP contribution < -0.4 is 10.6 Å². The zero-order valence-corrected chi connectivity index (χ0v) is 10.4. The summed E-state index contributed by atoms with van der Waals surface area (Å²) in [6.07, 6.45) is 3.24. The highest BCUT2D eigenvalue weighted by atomic mass is 16.5. The molecule has 1 saturated heterocycles. The molecular weight excluding hydrogens is 214 g/mol. The van der Waals surface area contributed by atoms with E-state index in [2.05, 4.69) is 22.5 Å². The molecular formula is C13H21N3O. The maximum Gasteiger partial charge on any atom is 0.128 e. The predicted molar refractivity (Wildman–Crippen MR) is 70.5 cm³/mol. The van der Waals surface area contributed by atoms with E-state index >= 15 is 0 Å². The molecule has 0 aromatic carbocycles. The second kappa shape index (κ2) is 6.45. The van der Waals surface area contributed by atoms with Crippen molar-refractivity contribution in [2.75, 3.05) is 30.4 Å². The van der Waals surface area contributed by atoms with Gasteiger partial charge in [-0.05, 0) is 31.4 Å². The fraction of sp³-hybridized carbons (Fsp3) is 0.615. The monoisotopic (exact) mass is 235 g/mol. The highest BCUT2D eigenvalue weighted by Crippen LogP contribution is 2.15. The van der Waals surface area contributed by atoms with Gasteiger partial charge in [0.15, 0.2) is 0 Å². The first-order valence-corrected chi connectivity index (χ1v) is 6.43. The van der Waals surface area contributed by atoms with Crippen LogP contribution in [0.3, 0.4) is 0 Å². The smallest absolute Gasteiger partial charge is 0.128 e. The van der Waals surface area contributed by atoms with Gasteiger partial charge in [-0.1, -0.05) is 13.0 Å². The molecule has 4 nitrogen and oxygen atoms in total. The first-order chi connectivity index (χ1) is 8.38. The summed E-state index contributed by atoms with van der Waals surface area (Å²) in [5.41, 5.74) is 0. The summed E-state index contributed by atoms with van der Waals surface area (Å²) in [6.45, 7) is 4.82.